The van der Waals surface area contributed by atoms with Crippen LogP contribution in [-0.4, -0.2) is 5.97 Å². The molecule has 0 aromatic heterocycles. The molecule has 1 aliphatic heterocycles. The summed E-state index contributed by atoms with van der Waals surface area (Å²) in [5, 5.41) is 0. The second kappa shape index (κ2) is 4.78. The number of benzene rings is 2. The first-order valence-electron chi connectivity index (χ1n) is 5.86. The maximum absolute atomic E-state index is 12.9. The molecule has 0 saturated heterocycles. The quantitative estimate of drug-likeness (QED) is 0.582. The molecule has 2 unspecified atom stereocenters. The standard InChI is InChI=1S/C15H10BrFO2/c16-13-11-3-1-2-4-12(11)15(18)19-14(13)9-5-7-10(17)8-6-9/h1-8,13-14H. The predicted molar refractivity (Wildman–Crippen MR) is 72.7 cm³/mol. The van der Waals surface area contributed by atoms with Crippen LogP contribution in [0.15, 0.2) is 48.5 Å². The number of fused-ring (bicyclic) bond motifs is 1. The van der Waals surface area contributed by atoms with Crippen molar-refractivity contribution >= 4 is 21.9 Å². The van der Waals surface area contributed by atoms with Crippen molar-refractivity contribution in [2.24, 2.45) is 0 Å². The third kappa shape index (κ3) is 2.16. The third-order valence-corrected chi connectivity index (χ3v) is 4.15. The van der Waals surface area contributed by atoms with Crippen LogP contribution in [0.2, 0.25) is 0 Å². The van der Waals surface area contributed by atoms with Crippen molar-refractivity contribution in [1.82, 2.24) is 0 Å². The minimum absolute atomic E-state index is 0.133. The summed E-state index contributed by atoms with van der Waals surface area (Å²) in [6, 6.07) is 13.3. The number of halogens is 2. The van der Waals surface area contributed by atoms with E-state index in [0.717, 1.165) is 11.1 Å². The van der Waals surface area contributed by atoms with Crippen molar-refractivity contribution in [3.63, 3.8) is 0 Å². The Labute approximate surface area is 118 Å². The summed E-state index contributed by atoms with van der Waals surface area (Å²) in [6.07, 6.45) is -0.442. The van der Waals surface area contributed by atoms with Crippen molar-refractivity contribution in [1.29, 1.82) is 0 Å². The maximum atomic E-state index is 12.9. The molecule has 96 valence electrons. The summed E-state index contributed by atoms with van der Waals surface area (Å²) in [5.74, 6) is -0.655. The number of alkyl halides is 1. The number of esters is 1. The molecular weight excluding hydrogens is 311 g/mol. The minimum Gasteiger partial charge on any atom is -0.452 e. The largest absolute Gasteiger partial charge is 0.452 e. The Balaban J connectivity index is 2.02. The van der Waals surface area contributed by atoms with Crippen LogP contribution in [0, 0.1) is 5.82 Å². The van der Waals surface area contributed by atoms with E-state index >= 15 is 0 Å². The first-order valence-corrected chi connectivity index (χ1v) is 6.78. The molecule has 2 atom stereocenters. The fraction of sp³-hybridized carbons (Fsp3) is 0.133. The molecule has 0 fully saturated rings. The number of carbonyl (C=O) groups excluding carboxylic acids is 1. The van der Waals surface area contributed by atoms with E-state index in [-0.39, 0.29) is 16.6 Å². The van der Waals surface area contributed by atoms with Gasteiger partial charge in [-0.15, -0.1) is 0 Å². The summed E-state index contributed by atoms with van der Waals surface area (Å²) in [4.78, 5) is 11.8. The van der Waals surface area contributed by atoms with Crippen LogP contribution in [0.25, 0.3) is 0 Å². The zero-order chi connectivity index (χ0) is 13.4. The topological polar surface area (TPSA) is 26.3 Å². The van der Waals surface area contributed by atoms with Crippen LogP contribution in [0.1, 0.15) is 32.4 Å². The van der Waals surface area contributed by atoms with E-state index in [1.54, 1.807) is 24.3 Å². The van der Waals surface area contributed by atoms with Gasteiger partial charge in [0.25, 0.3) is 0 Å². The molecular formula is C15H10BrFO2. The van der Waals surface area contributed by atoms with E-state index in [4.69, 9.17) is 4.74 Å². The predicted octanol–water partition coefficient (Wildman–Crippen LogP) is 4.17. The molecule has 0 radical (unpaired) electrons. The highest BCUT2D eigenvalue weighted by Gasteiger charge is 2.34. The SMILES string of the molecule is O=C1OC(c2ccc(F)cc2)C(Br)c2ccccc21. The van der Waals surface area contributed by atoms with Gasteiger partial charge in [0.15, 0.2) is 0 Å². The number of rotatable bonds is 1. The lowest BCUT2D eigenvalue weighted by atomic mass is 9.94. The van der Waals surface area contributed by atoms with Crippen LogP contribution < -0.4 is 0 Å². The molecule has 2 aromatic carbocycles. The van der Waals surface area contributed by atoms with Gasteiger partial charge in [0, 0.05) is 0 Å². The summed E-state index contributed by atoms with van der Waals surface area (Å²) in [5.41, 5.74) is 2.24. The molecule has 0 saturated carbocycles. The van der Waals surface area contributed by atoms with E-state index in [1.807, 2.05) is 12.1 Å². The number of carbonyl (C=O) groups is 1. The number of cyclic esters (lactones) is 1. The Morgan fingerprint density at radius 3 is 2.47 bits per heavy atom. The number of hydrogen-bond acceptors (Lipinski definition) is 2. The van der Waals surface area contributed by atoms with Gasteiger partial charge in [0.05, 0.1) is 10.4 Å². The second-order valence-electron chi connectivity index (χ2n) is 4.37. The highest BCUT2D eigenvalue weighted by molar-refractivity contribution is 9.09. The molecule has 1 aliphatic rings. The average molecular weight is 321 g/mol. The normalized spacial score (nSPS) is 21.7. The molecule has 3 rings (SSSR count). The van der Waals surface area contributed by atoms with Crippen molar-refractivity contribution in [2.75, 3.05) is 0 Å². The van der Waals surface area contributed by atoms with E-state index in [9.17, 15) is 9.18 Å². The molecule has 1 heterocycles. The second-order valence-corrected chi connectivity index (χ2v) is 5.35. The monoisotopic (exact) mass is 320 g/mol. The molecule has 0 amide bonds. The van der Waals surface area contributed by atoms with Crippen molar-refractivity contribution in [3.05, 3.63) is 71.0 Å². The van der Waals surface area contributed by atoms with E-state index < -0.39 is 6.10 Å². The van der Waals surface area contributed by atoms with Crippen LogP contribution in [0.3, 0.4) is 0 Å². The molecule has 4 heteroatoms. The smallest absolute Gasteiger partial charge is 0.339 e. The van der Waals surface area contributed by atoms with Gasteiger partial charge < -0.3 is 4.74 Å². The summed E-state index contributed by atoms with van der Waals surface area (Å²) >= 11 is 3.57. The van der Waals surface area contributed by atoms with Crippen molar-refractivity contribution in [3.8, 4) is 0 Å². The molecule has 0 spiro atoms. The van der Waals surface area contributed by atoms with E-state index in [0.29, 0.717) is 5.56 Å². The zero-order valence-corrected chi connectivity index (χ0v) is 11.4. The molecule has 0 N–H and O–H groups in total. The van der Waals surface area contributed by atoms with Gasteiger partial charge in [0.1, 0.15) is 11.9 Å². The van der Waals surface area contributed by atoms with Gasteiger partial charge >= 0.3 is 5.97 Å². The van der Waals surface area contributed by atoms with Gasteiger partial charge in [-0.05, 0) is 29.3 Å². The van der Waals surface area contributed by atoms with Gasteiger partial charge in [-0.1, -0.05) is 46.3 Å². The third-order valence-electron chi connectivity index (χ3n) is 3.18. The summed E-state index contributed by atoms with van der Waals surface area (Å²) in [6.45, 7) is 0. The summed E-state index contributed by atoms with van der Waals surface area (Å²) in [7, 11) is 0. The summed E-state index contributed by atoms with van der Waals surface area (Å²) < 4.78 is 18.4. The van der Waals surface area contributed by atoms with Crippen molar-refractivity contribution < 1.29 is 13.9 Å². The Kier molecular flexibility index (Phi) is 3.11. The number of hydrogen-bond donors (Lipinski definition) is 0. The fourth-order valence-corrected chi connectivity index (χ4v) is 3.03. The van der Waals surface area contributed by atoms with Crippen LogP contribution >= 0.6 is 15.9 Å². The van der Waals surface area contributed by atoms with Gasteiger partial charge in [-0.25, -0.2) is 9.18 Å². The minimum atomic E-state index is -0.442. The van der Waals surface area contributed by atoms with Crippen LogP contribution in [-0.2, 0) is 4.74 Å². The molecule has 0 bridgehead atoms. The Bertz CT molecular complexity index is 624. The molecule has 2 aromatic rings. The van der Waals surface area contributed by atoms with E-state index in [1.165, 1.54) is 12.1 Å². The lowest BCUT2D eigenvalue weighted by Gasteiger charge is -2.29. The molecule has 2 nitrogen and oxygen atoms in total. The van der Waals surface area contributed by atoms with Crippen LogP contribution in [0.5, 0.6) is 0 Å². The Morgan fingerprint density at radius 2 is 1.74 bits per heavy atom. The lowest BCUT2D eigenvalue weighted by molar-refractivity contribution is 0.0249. The average Bonchev–Trinajstić information content (AvgIpc) is 2.44. The lowest BCUT2D eigenvalue weighted by Crippen LogP contribution is -2.23. The first-order chi connectivity index (χ1) is 9.16. The van der Waals surface area contributed by atoms with E-state index in [2.05, 4.69) is 15.9 Å². The van der Waals surface area contributed by atoms with Gasteiger partial charge in [-0.2, -0.15) is 0 Å². The van der Waals surface area contributed by atoms with Gasteiger partial charge in [-0.3, -0.25) is 0 Å². The zero-order valence-electron chi connectivity index (χ0n) is 9.85. The first kappa shape index (κ1) is 12.4. The molecule has 19 heavy (non-hydrogen) atoms. The highest BCUT2D eigenvalue weighted by Crippen LogP contribution is 2.44. The van der Waals surface area contributed by atoms with Crippen molar-refractivity contribution in [2.45, 2.75) is 10.9 Å². The Morgan fingerprint density at radius 1 is 1.05 bits per heavy atom. The fourth-order valence-electron chi connectivity index (χ4n) is 2.21. The molecule has 0 aliphatic carbocycles. The maximum Gasteiger partial charge on any atom is 0.339 e. The number of ether oxygens (including phenoxy) is 1. The Hall–Kier alpha value is -1.68. The van der Waals surface area contributed by atoms with Gasteiger partial charge in [0.2, 0.25) is 0 Å². The highest BCUT2D eigenvalue weighted by atomic mass is 79.9. The van der Waals surface area contributed by atoms with Crippen LogP contribution in [0.4, 0.5) is 4.39 Å².